The Bertz CT molecular complexity index is 659. The maximum absolute atomic E-state index is 9.37. The predicted molar refractivity (Wildman–Crippen MR) is 85.1 cm³/mol. The number of ether oxygens (including phenoxy) is 1. The highest BCUT2D eigenvalue weighted by molar-refractivity contribution is 6.32. The van der Waals surface area contributed by atoms with Gasteiger partial charge in [0.1, 0.15) is 11.5 Å². The van der Waals surface area contributed by atoms with E-state index in [1.165, 1.54) is 0 Å². The van der Waals surface area contributed by atoms with Gasteiger partial charge in [-0.1, -0.05) is 23.7 Å². The van der Waals surface area contributed by atoms with Crippen molar-refractivity contribution in [1.29, 1.82) is 0 Å². The number of benzene rings is 2. The van der Waals surface area contributed by atoms with Crippen molar-refractivity contribution >= 4 is 23.2 Å². The molecule has 0 aliphatic heterocycles. The monoisotopic (exact) mass is 305 g/mol. The molecule has 0 aromatic heterocycles. The van der Waals surface area contributed by atoms with Gasteiger partial charge >= 0.3 is 0 Å². The van der Waals surface area contributed by atoms with Gasteiger partial charge in [0.05, 0.1) is 18.7 Å². The van der Waals surface area contributed by atoms with Crippen LogP contribution in [-0.4, -0.2) is 18.2 Å². The molecular weight excluding hydrogens is 290 g/mol. The Balaban J connectivity index is 2.02. The van der Waals surface area contributed by atoms with E-state index in [4.69, 9.17) is 22.1 Å². The summed E-state index contributed by atoms with van der Waals surface area (Å²) in [5, 5.41) is 12.8. The number of halogens is 1. The molecule has 0 aliphatic carbocycles. The average Bonchev–Trinajstić information content (AvgIpc) is 2.45. The normalized spacial score (nSPS) is 11.2. The number of hydrogen-bond donors (Lipinski definition) is 3. The number of nitrogens with one attached hydrogen (secondary N) is 1. The Hall–Kier alpha value is -2.40. The van der Waals surface area contributed by atoms with E-state index in [0.29, 0.717) is 17.3 Å². The van der Waals surface area contributed by atoms with Gasteiger partial charge < -0.3 is 20.9 Å². The predicted octanol–water partition coefficient (Wildman–Crippen LogP) is 2.98. The molecule has 0 atom stereocenters. The van der Waals surface area contributed by atoms with Crippen LogP contribution in [0.25, 0.3) is 0 Å². The van der Waals surface area contributed by atoms with Gasteiger partial charge in [-0.2, -0.15) is 0 Å². The summed E-state index contributed by atoms with van der Waals surface area (Å²) in [6.07, 6.45) is 0. The molecule has 0 amide bonds. The van der Waals surface area contributed by atoms with E-state index in [-0.39, 0.29) is 11.7 Å². The van der Waals surface area contributed by atoms with E-state index >= 15 is 0 Å². The first-order chi connectivity index (χ1) is 10.1. The number of guanidine groups is 1. The number of aromatic hydroxyl groups is 1. The molecule has 2 aromatic rings. The zero-order valence-electron chi connectivity index (χ0n) is 11.5. The molecule has 2 aromatic carbocycles. The molecule has 110 valence electrons. The first kappa shape index (κ1) is 15.0. The molecule has 2 rings (SSSR count). The molecule has 0 saturated heterocycles. The van der Waals surface area contributed by atoms with E-state index in [1.807, 2.05) is 6.07 Å². The van der Waals surface area contributed by atoms with Crippen molar-refractivity contribution in [2.24, 2.45) is 10.7 Å². The molecule has 5 nitrogen and oxygen atoms in total. The van der Waals surface area contributed by atoms with Gasteiger partial charge in [-0.15, -0.1) is 0 Å². The highest BCUT2D eigenvalue weighted by Crippen LogP contribution is 2.27. The smallest absolute Gasteiger partial charge is 0.193 e. The standard InChI is InChI=1S/C15H16ClN3O2/c1-21-14-6-5-11(8-13(14)16)19-15(17)18-9-10-3-2-4-12(20)7-10/h2-8,20H,9H2,1H3,(H3,17,18,19). The molecule has 0 fully saturated rings. The maximum Gasteiger partial charge on any atom is 0.193 e. The third-order valence-corrected chi connectivity index (χ3v) is 3.06. The van der Waals surface area contributed by atoms with Crippen LogP contribution in [-0.2, 0) is 6.54 Å². The number of rotatable bonds is 4. The van der Waals surface area contributed by atoms with Gasteiger partial charge in [-0.25, -0.2) is 4.99 Å². The van der Waals surface area contributed by atoms with Crippen LogP contribution in [0.4, 0.5) is 5.69 Å². The number of nitrogens with two attached hydrogens (primary N) is 1. The second-order valence-corrected chi connectivity index (χ2v) is 4.75. The molecule has 0 saturated carbocycles. The van der Waals surface area contributed by atoms with E-state index in [0.717, 1.165) is 11.3 Å². The first-order valence-electron chi connectivity index (χ1n) is 6.27. The Morgan fingerprint density at radius 3 is 2.81 bits per heavy atom. The molecule has 0 aliphatic rings. The lowest BCUT2D eigenvalue weighted by atomic mass is 10.2. The van der Waals surface area contributed by atoms with E-state index < -0.39 is 0 Å². The number of hydrogen-bond acceptors (Lipinski definition) is 3. The van der Waals surface area contributed by atoms with Crippen molar-refractivity contribution in [2.45, 2.75) is 6.54 Å². The minimum Gasteiger partial charge on any atom is -0.508 e. The van der Waals surface area contributed by atoms with Gasteiger partial charge in [0.2, 0.25) is 0 Å². The second kappa shape index (κ2) is 6.85. The van der Waals surface area contributed by atoms with Crippen LogP contribution >= 0.6 is 11.6 Å². The molecule has 0 bridgehead atoms. The summed E-state index contributed by atoms with van der Waals surface area (Å²) < 4.78 is 5.08. The van der Waals surface area contributed by atoms with Gasteiger partial charge in [0.15, 0.2) is 5.96 Å². The molecule has 0 radical (unpaired) electrons. The lowest BCUT2D eigenvalue weighted by molar-refractivity contribution is 0.415. The molecule has 0 heterocycles. The zero-order valence-corrected chi connectivity index (χ0v) is 12.3. The lowest BCUT2D eigenvalue weighted by Crippen LogP contribution is -2.22. The van der Waals surface area contributed by atoms with Gasteiger partial charge in [-0.05, 0) is 35.9 Å². The maximum atomic E-state index is 9.37. The van der Waals surface area contributed by atoms with Crippen molar-refractivity contribution in [2.75, 3.05) is 12.4 Å². The van der Waals surface area contributed by atoms with Crippen molar-refractivity contribution in [3.63, 3.8) is 0 Å². The van der Waals surface area contributed by atoms with E-state index in [2.05, 4.69) is 10.3 Å². The number of methoxy groups -OCH3 is 1. The summed E-state index contributed by atoms with van der Waals surface area (Å²) >= 11 is 6.03. The van der Waals surface area contributed by atoms with Crippen LogP contribution in [0.3, 0.4) is 0 Å². The summed E-state index contributed by atoms with van der Waals surface area (Å²) in [6.45, 7) is 0.372. The third-order valence-electron chi connectivity index (χ3n) is 2.77. The molecular formula is C15H16ClN3O2. The number of phenols is 1. The van der Waals surface area contributed by atoms with Gasteiger partial charge in [-0.3, -0.25) is 0 Å². The Morgan fingerprint density at radius 2 is 2.14 bits per heavy atom. The van der Waals surface area contributed by atoms with Gasteiger partial charge in [0, 0.05) is 5.69 Å². The van der Waals surface area contributed by atoms with Crippen molar-refractivity contribution in [1.82, 2.24) is 0 Å². The third kappa shape index (κ3) is 4.29. The highest BCUT2D eigenvalue weighted by atomic mass is 35.5. The molecule has 0 spiro atoms. The van der Waals surface area contributed by atoms with Gasteiger partial charge in [0.25, 0.3) is 0 Å². The van der Waals surface area contributed by atoms with Crippen LogP contribution in [0.15, 0.2) is 47.5 Å². The van der Waals surface area contributed by atoms with Crippen LogP contribution in [0.2, 0.25) is 5.02 Å². The lowest BCUT2D eigenvalue weighted by Gasteiger charge is -2.08. The number of nitrogens with zero attached hydrogens (tertiary/aromatic N) is 1. The van der Waals surface area contributed by atoms with Crippen LogP contribution in [0, 0.1) is 0 Å². The fraction of sp³-hybridized carbons (Fsp3) is 0.133. The van der Waals surface area contributed by atoms with E-state index in [9.17, 15) is 5.11 Å². The summed E-state index contributed by atoms with van der Waals surface area (Å²) in [4.78, 5) is 4.20. The van der Waals surface area contributed by atoms with Crippen LogP contribution in [0.5, 0.6) is 11.5 Å². The largest absolute Gasteiger partial charge is 0.508 e. The SMILES string of the molecule is COc1ccc(NC(N)=NCc2cccc(O)c2)cc1Cl. The second-order valence-electron chi connectivity index (χ2n) is 4.35. The van der Waals surface area contributed by atoms with Crippen LogP contribution in [0.1, 0.15) is 5.56 Å². The Labute approximate surface area is 128 Å². The van der Waals surface area contributed by atoms with Crippen LogP contribution < -0.4 is 15.8 Å². The fourth-order valence-corrected chi connectivity index (χ4v) is 2.02. The molecule has 21 heavy (non-hydrogen) atoms. The Kier molecular flexibility index (Phi) is 4.90. The topological polar surface area (TPSA) is 79.9 Å². The Morgan fingerprint density at radius 1 is 1.33 bits per heavy atom. The van der Waals surface area contributed by atoms with Crippen molar-refractivity contribution in [3.8, 4) is 11.5 Å². The summed E-state index contributed by atoms with van der Waals surface area (Å²) in [5.41, 5.74) is 7.40. The van der Waals surface area contributed by atoms with Crippen molar-refractivity contribution < 1.29 is 9.84 Å². The quantitative estimate of drug-likeness (QED) is 0.599. The minimum atomic E-state index is 0.205. The van der Waals surface area contributed by atoms with Crippen molar-refractivity contribution in [3.05, 3.63) is 53.1 Å². The fourth-order valence-electron chi connectivity index (χ4n) is 1.76. The highest BCUT2D eigenvalue weighted by Gasteiger charge is 2.02. The molecule has 4 N–H and O–H groups in total. The first-order valence-corrected chi connectivity index (χ1v) is 6.64. The number of phenolic OH excluding ortho intramolecular Hbond substituents is 1. The summed E-state index contributed by atoms with van der Waals surface area (Å²) in [6, 6.07) is 12.1. The molecule has 0 unspecified atom stereocenters. The number of aliphatic imine (C=N–C) groups is 1. The summed E-state index contributed by atoms with van der Waals surface area (Å²) in [7, 11) is 1.55. The van der Waals surface area contributed by atoms with E-state index in [1.54, 1.807) is 43.5 Å². The zero-order chi connectivity index (χ0) is 15.2. The minimum absolute atomic E-state index is 0.205. The number of anilines is 1. The molecule has 6 heteroatoms. The average molecular weight is 306 g/mol. The summed E-state index contributed by atoms with van der Waals surface area (Å²) in [5.74, 6) is 1.06.